The summed E-state index contributed by atoms with van der Waals surface area (Å²) in [4.78, 5) is 3.83. The van der Waals surface area contributed by atoms with E-state index in [-0.39, 0.29) is 12.4 Å². The molecular weight excluding hydrogens is 158 g/mol. The van der Waals surface area contributed by atoms with Gasteiger partial charge in [-0.05, 0) is 5.41 Å². The fraction of sp³-hybridized carbons (Fsp3) is 0. The van der Waals surface area contributed by atoms with Gasteiger partial charge in [0.15, 0.2) is 5.16 Å². The van der Waals surface area contributed by atoms with Gasteiger partial charge in [0, 0.05) is 0 Å². The standard InChI is InChI=1S/C4H5N3S.ClH/c1-2-8-4-5-3-6-7-4;/h2-3H,1H2,(H,5,6,7);1H. The zero-order chi connectivity index (χ0) is 5.82. The number of hydrogen-bond donors (Lipinski definition) is 1. The molecule has 3 nitrogen and oxygen atoms in total. The van der Waals surface area contributed by atoms with Gasteiger partial charge in [-0.3, -0.25) is 5.10 Å². The number of halogens is 1. The quantitative estimate of drug-likeness (QED) is 0.672. The van der Waals surface area contributed by atoms with E-state index in [0.29, 0.717) is 0 Å². The normalized spacial score (nSPS) is 8.00. The maximum atomic E-state index is 3.83. The van der Waals surface area contributed by atoms with Crippen molar-refractivity contribution < 1.29 is 0 Å². The number of aromatic amines is 1. The van der Waals surface area contributed by atoms with Gasteiger partial charge in [-0.25, -0.2) is 4.98 Å². The van der Waals surface area contributed by atoms with Crippen LogP contribution in [0.15, 0.2) is 23.5 Å². The van der Waals surface area contributed by atoms with E-state index >= 15 is 0 Å². The Balaban J connectivity index is 0.000000640. The number of aromatic nitrogens is 3. The minimum absolute atomic E-state index is 0. The molecule has 50 valence electrons. The Bertz CT molecular complexity index is 162. The van der Waals surface area contributed by atoms with Gasteiger partial charge in [0.1, 0.15) is 6.33 Å². The monoisotopic (exact) mass is 163 g/mol. The lowest BCUT2D eigenvalue weighted by molar-refractivity contribution is 0.977. The number of rotatable bonds is 2. The highest BCUT2D eigenvalue weighted by atomic mass is 35.5. The predicted octanol–water partition coefficient (Wildman–Crippen LogP) is 1.46. The third kappa shape index (κ3) is 2.53. The van der Waals surface area contributed by atoms with E-state index in [1.807, 2.05) is 0 Å². The Morgan fingerprint density at radius 1 is 1.78 bits per heavy atom. The van der Waals surface area contributed by atoms with Gasteiger partial charge < -0.3 is 0 Å². The molecule has 1 heterocycles. The maximum absolute atomic E-state index is 3.83. The van der Waals surface area contributed by atoms with Crippen molar-refractivity contribution in [2.45, 2.75) is 5.16 Å². The van der Waals surface area contributed by atoms with Crippen LogP contribution in [0, 0.1) is 0 Å². The molecule has 0 spiro atoms. The van der Waals surface area contributed by atoms with E-state index in [0.717, 1.165) is 5.16 Å². The second-order valence-electron chi connectivity index (χ2n) is 1.08. The van der Waals surface area contributed by atoms with Crippen LogP contribution in [0.3, 0.4) is 0 Å². The Morgan fingerprint density at radius 2 is 2.56 bits per heavy atom. The topological polar surface area (TPSA) is 41.6 Å². The van der Waals surface area contributed by atoms with Crippen LogP contribution in [0.1, 0.15) is 0 Å². The smallest absolute Gasteiger partial charge is 0.187 e. The molecule has 5 heteroatoms. The van der Waals surface area contributed by atoms with E-state index in [1.54, 1.807) is 5.41 Å². The van der Waals surface area contributed by atoms with Crippen molar-refractivity contribution in [1.29, 1.82) is 0 Å². The molecule has 0 saturated heterocycles. The molecule has 0 unspecified atom stereocenters. The van der Waals surface area contributed by atoms with Crippen LogP contribution in [0.25, 0.3) is 0 Å². The summed E-state index contributed by atoms with van der Waals surface area (Å²) in [5, 5.41) is 8.78. The summed E-state index contributed by atoms with van der Waals surface area (Å²) in [6.45, 7) is 3.51. The molecule has 0 saturated carbocycles. The highest BCUT2D eigenvalue weighted by Crippen LogP contribution is 2.09. The molecule has 0 amide bonds. The molecular formula is C4H6ClN3S. The summed E-state index contributed by atoms with van der Waals surface area (Å²) in [5.41, 5.74) is 0. The fourth-order valence-corrected chi connectivity index (χ4v) is 0.701. The molecule has 0 radical (unpaired) electrons. The summed E-state index contributed by atoms with van der Waals surface area (Å²) in [6, 6.07) is 0. The Morgan fingerprint density at radius 3 is 3.00 bits per heavy atom. The van der Waals surface area contributed by atoms with E-state index < -0.39 is 0 Å². The highest BCUT2D eigenvalue weighted by molar-refractivity contribution is 8.01. The average Bonchev–Trinajstić information content (AvgIpc) is 2.19. The van der Waals surface area contributed by atoms with Crippen LogP contribution in [0.2, 0.25) is 0 Å². The molecule has 1 rings (SSSR count). The second kappa shape index (κ2) is 4.40. The first-order valence-corrected chi connectivity index (χ1v) is 2.94. The zero-order valence-corrected chi connectivity index (χ0v) is 6.21. The Labute approximate surface area is 63.4 Å². The Hall–Kier alpha value is -0.480. The van der Waals surface area contributed by atoms with E-state index in [9.17, 15) is 0 Å². The molecule has 9 heavy (non-hydrogen) atoms. The number of nitrogens with one attached hydrogen (secondary N) is 1. The van der Waals surface area contributed by atoms with Crippen molar-refractivity contribution in [3.8, 4) is 0 Å². The van der Waals surface area contributed by atoms with Crippen molar-refractivity contribution in [3.05, 3.63) is 18.3 Å². The van der Waals surface area contributed by atoms with Gasteiger partial charge in [-0.1, -0.05) is 18.3 Å². The fourth-order valence-electron chi connectivity index (χ4n) is 0.330. The summed E-state index contributed by atoms with van der Waals surface area (Å²) < 4.78 is 0. The lowest BCUT2D eigenvalue weighted by Crippen LogP contribution is -1.67. The predicted molar refractivity (Wildman–Crippen MR) is 39.7 cm³/mol. The largest absolute Gasteiger partial charge is 0.254 e. The molecule has 0 aromatic carbocycles. The van der Waals surface area contributed by atoms with Gasteiger partial charge in [-0.15, -0.1) is 12.4 Å². The van der Waals surface area contributed by atoms with Crippen LogP contribution in [-0.4, -0.2) is 15.2 Å². The maximum Gasteiger partial charge on any atom is 0.187 e. The second-order valence-corrected chi connectivity index (χ2v) is 2.03. The first-order valence-electron chi connectivity index (χ1n) is 2.06. The number of H-pyrrole nitrogens is 1. The number of hydrogen-bond acceptors (Lipinski definition) is 3. The van der Waals surface area contributed by atoms with Crippen LogP contribution in [-0.2, 0) is 0 Å². The van der Waals surface area contributed by atoms with Crippen molar-refractivity contribution in [2.75, 3.05) is 0 Å². The molecule has 0 atom stereocenters. The molecule has 0 bridgehead atoms. The van der Waals surface area contributed by atoms with E-state index in [2.05, 4.69) is 21.8 Å². The van der Waals surface area contributed by atoms with Crippen LogP contribution in [0.5, 0.6) is 0 Å². The molecule has 0 fully saturated rings. The van der Waals surface area contributed by atoms with Crippen molar-refractivity contribution in [1.82, 2.24) is 15.2 Å². The molecule has 0 aliphatic carbocycles. The first kappa shape index (κ1) is 8.52. The van der Waals surface area contributed by atoms with Crippen LogP contribution >= 0.6 is 24.2 Å². The minimum atomic E-state index is 0. The van der Waals surface area contributed by atoms with Gasteiger partial charge in [-0.2, -0.15) is 5.10 Å². The third-order valence-electron chi connectivity index (χ3n) is 0.588. The molecule has 1 aromatic rings. The van der Waals surface area contributed by atoms with Crippen molar-refractivity contribution in [3.63, 3.8) is 0 Å². The van der Waals surface area contributed by atoms with Gasteiger partial charge in [0.05, 0.1) is 0 Å². The lowest BCUT2D eigenvalue weighted by Gasteiger charge is -1.79. The first-order chi connectivity index (χ1) is 3.93. The van der Waals surface area contributed by atoms with E-state index in [4.69, 9.17) is 0 Å². The average molecular weight is 164 g/mol. The summed E-state index contributed by atoms with van der Waals surface area (Å²) in [5.74, 6) is 0. The van der Waals surface area contributed by atoms with Crippen LogP contribution in [0.4, 0.5) is 0 Å². The Kier molecular flexibility index (Phi) is 4.17. The van der Waals surface area contributed by atoms with Gasteiger partial charge in [0.25, 0.3) is 0 Å². The molecule has 0 aliphatic heterocycles. The number of thioether (sulfide) groups is 1. The van der Waals surface area contributed by atoms with Crippen LogP contribution < -0.4 is 0 Å². The SMILES string of the molecule is C=CSc1ncn[nH]1.Cl. The molecule has 1 N–H and O–H groups in total. The van der Waals surface area contributed by atoms with Crippen molar-refractivity contribution in [2.24, 2.45) is 0 Å². The van der Waals surface area contributed by atoms with Gasteiger partial charge >= 0.3 is 0 Å². The van der Waals surface area contributed by atoms with Gasteiger partial charge in [0.2, 0.25) is 0 Å². The number of nitrogens with zero attached hydrogens (tertiary/aromatic N) is 2. The summed E-state index contributed by atoms with van der Waals surface area (Å²) >= 11 is 1.42. The summed E-state index contributed by atoms with van der Waals surface area (Å²) in [6.07, 6.45) is 1.46. The minimum Gasteiger partial charge on any atom is -0.254 e. The molecule has 0 aliphatic rings. The molecule has 1 aromatic heterocycles. The van der Waals surface area contributed by atoms with Crippen molar-refractivity contribution >= 4 is 24.2 Å². The highest BCUT2D eigenvalue weighted by Gasteiger charge is 1.87. The lowest BCUT2D eigenvalue weighted by atomic mass is 11.3. The third-order valence-corrected chi connectivity index (χ3v) is 1.17. The summed E-state index contributed by atoms with van der Waals surface area (Å²) in [7, 11) is 0. The zero-order valence-electron chi connectivity index (χ0n) is 4.57. The van der Waals surface area contributed by atoms with E-state index in [1.165, 1.54) is 18.1 Å².